The lowest BCUT2D eigenvalue weighted by molar-refractivity contribution is -0.142. The van der Waals surface area contributed by atoms with E-state index in [1.165, 1.54) is 0 Å². The van der Waals surface area contributed by atoms with Gasteiger partial charge in [0.05, 0.1) is 6.54 Å². The van der Waals surface area contributed by atoms with E-state index in [0.29, 0.717) is 19.5 Å². The van der Waals surface area contributed by atoms with Crippen molar-refractivity contribution in [3.8, 4) is 0 Å². The summed E-state index contributed by atoms with van der Waals surface area (Å²) in [5.74, 6) is 1.68. The molecule has 1 aromatic heterocycles. The molecule has 2 aromatic rings. The summed E-state index contributed by atoms with van der Waals surface area (Å²) in [6.45, 7) is 5.09. The number of benzene rings is 1. The van der Waals surface area contributed by atoms with Crippen LogP contribution in [-0.4, -0.2) is 34.2 Å². The van der Waals surface area contributed by atoms with E-state index in [9.17, 15) is 9.59 Å². The molecular weight excluding hydrogens is 364 g/mol. The van der Waals surface area contributed by atoms with Crippen molar-refractivity contribution in [3.63, 3.8) is 0 Å². The number of rotatable bonds is 11. The number of aryl methyl sites for hydroxylation is 1. The summed E-state index contributed by atoms with van der Waals surface area (Å²) < 4.78 is 5.71. The molecule has 0 aliphatic heterocycles. The number of hydrogen-bond donors (Lipinski definition) is 0. The molecule has 1 heterocycles. The first-order chi connectivity index (χ1) is 14.1. The maximum atomic E-state index is 13.2. The molecule has 29 heavy (non-hydrogen) atoms. The van der Waals surface area contributed by atoms with Gasteiger partial charge in [-0.3, -0.25) is 9.59 Å². The first-order valence-corrected chi connectivity index (χ1v) is 10.7. The van der Waals surface area contributed by atoms with Gasteiger partial charge in [0.2, 0.25) is 11.8 Å². The fourth-order valence-electron chi connectivity index (χ4n) is 3.52. The van der Waals surface area contributed by atoms with Gasteiger partial charge >= 0.3 is 0 Å². The summed E-state index contributed by atoms with van der Waals surface area (Å²) in [6.07, 6.45) is 5.57. The Labute approximate surface area is 173 Å². The van der Waals surface area contributed by atoms with Crippen LogP contribution in [0.4, 0.5) is 0 Å². The predicted octanol–water partition coefficient (Wildman–Crippen LogP) is 4.69. The normalized spacial score (nSPS) is 13.3. The third kappa shape index (κ3) is 6.48. The Bertz CT molecular complexity index is 795. The predicted molar refractivity (Wildman–Crippen MR) is 113 cm³/mol. The number of carbonyl (C=O) groups excluding carboxylic acids is 2. The molecule has 1 saturated carbocycles. The van der Waals surface area contributed by atoms with Crippen LogP contribution >= 0.6 is 0 Å². The average Bonchev–Trinajstić information content (AvgIpc) is 3.48. The van der Waals surface area contributed by atoms with Gasteiger partial charge in [-0.2, -0.15) is 0 Å². The molecule has 5 heteroatoms. The fraction of sp³-hybridized carbons (Fsp3) is 0.500. The molecule has 0 radical (unpaired) electrons. The molecule has 1 aliphatic carbocycles. The van der Waals surface area contributed by atoms with Crippen LogP contribution < -0.4 is 0 Å². The molecule has 3 rings (SSSR count). The number of nitrogens with zero attached hydrogens (tertiary/aromatic N) is 2. The Kier molecular flexibility index (Phi) is 7.50. The average molecular weight is 397 g/mol. The van der Waals surface area contributed by atoms with E-state index < -0.39 is 0 Å². The van der Waals surface area contributed by atoms with Crippen LogP contribution in [-0.2, 0) is 22.7 Å². The van der Waals surface area contributed by atoms with Crippen LogP contribution in [0.15, 0.2) is 46.9 Å². The highest BCUT2D eigenvalue weighted by Gasteiger charge is 2.34. The molecule has 0 atom stereocenters. The third-order valence-corrected chi connectivity index (χ3v) is 5.32. The van der Waals surface area contributed by atoms with E-state index in [4.69, 9.17) is 4.42 Å². The van der Waals surface area contributed by atoms with Gasteiger partial charge in [-0.15, -0.1) is 0 Å². The number of amides is 2. The maximum absolute atomic E-state index is 13.2. The summed E-state index contributed by atoms with van der Waals surface area (Å²) in [4.78, 5) is 29.5. The highest BCUT2D eigenvalue weighted by atomic mass is 16.3. The van der Waals surface area contributed by atoms with Crippen LogP contribution in [0.5, 0.6) is 0 Å². The zero-order valence-electron chi connectivity index (χ0n) is 17.6. The summed E-state index contributed by atoms with van der Waals surface area (Å²) in [5.41, 5.74) is 1.07. The highest BCUT2D eigenvalue weighted by molar-refractivity contribution is 5.85. The quantitative estimate of drug-likeness (QED) is 0.518. The molecule has 0 saturated heterocycles. The summed E-state index contributed by atoms with van der Waals surface area (Å²) in [7, 11) is 0. The first-order valence-electron chi connectivity index (χ1n) is 10.7. The van der Waals surface area contributed by atoms with Crippen molar-refractivity contribution >= 4 is 11.8 Å². The zero-order chi connectivity index (χ0) is 20.6. The number of unbranched alkanes of at least 4 members (excludes halogenated alkanes) is 2. The molecule has 0 bridgehead atoms. The van der Waals surface area contributed by atoms with Crippen molar-refractivity contribution in [2.24, 2.45) is 0 Å². The molecule has 0 unspecified atom stereocenters. The van der Waals surface area contributed by atoms with E-state index in [1.807, 2.05) is 54.3 Å². The first kappa shape index (κ1) is 21.2. The van der Waals surface area contributed by atoms with Crippen molar-refractivity contribution in [1.82, 2.24) is 9.80 Å². The van der Waals surface area contributed by atoms with Crippen molar-refractivity contribution in [1.29, 1.82) is 0 Å². The topological polar surface area (TPSA) is 53.8 Å². The van der Waals surface area contributed by atoms with Crippen molar-refractivity contribution in [3.05, 3.63) is 59.5 Å². The van der Waals surface area contributed by atoms with Crippen molar-refractivity contribution in [2.45, 2.75) is 71.5 Å². The molecule has 0 spiro atoms. The standard InChI is InChI=1S/C24H32N2O3/c1-3-4-6-11-23(27)26(21-13-14-21)18-24(28)25(16-20-9-7-5-8-10-20)17-22-15-12-19(2)29-22/h5,7-10,12,15,21H,3-4,6,11,13-14,16-18H2,1-2H3. The third-order valence-electron chi connectivity index (χ3n) is 5.32. The van der Waals surface area contributed by atoms with Crippen LogP contribution in [0.2, 0.25) is 0 Å². The van der Waals surface area contributed by atoms with E-state index in [0.717, 1.165) is 49.2 Å². The lowest BCUT2D eigenvalue weighted by atomic mass is 10.2. The van der Waals surface area contributed by atoms with E-state index in [1.54, 1.807) is 4.90 Å². The smallest absolute Gasteiger partial charge is 0.242 e. The minimum atomic E-state index is -0.0290. The number of hydrogen-bond acceptors (Lipinski definition) is 3. The van der Waals surface area contributed by atoms with E-state index in [-0.39, 0.29) is 24.4 Å². The Balaban J connectivity index is 1.69. The van der Waals surface area contributed by atoms with E-state index >= 15 is 0 Å². The van der Waals surface area contributed by atoms with Crippen molar-refractivity contribution in [2.75, 3.05) is 6.54 Å². The van der Waals surface area contributed by atoms with Crippen LogP contribution in [0, 0.1) is 6.92 Å². The van der Waals surface area contributed by atoms with Gasteiger partial charge in [-0.1, -0.05) is 50.1 Å². The molecule has 1 aliphatic rings. The van der Waals surface area contributed by atoms with Gasteiger partial charge in [-0.25, -0.2) is 0 Å². The molecule has 5 nitrogen and oxygen atoms in total. The molecule has 2 amide bonds. The van der Waals surface area contributed by atoms with Gasteiger partial charge in [0.1, 0.15) is 18.1 Å². The monoisotopic (exact) mass is 396 g/mol. The number of furan rings is 1. The fourth-order valence-corrected chi connectivity index (χ4v) is 3.52. The Hall–Kier alpha value is -2.56. The Morgan fingerprint density at radius 3 is 2.38 bits per heavy atom. The summed E-state index contributed by atoms with van der Waals surface area (Å²) >= 11 is 0. The van der Waals surface area contributed by atoms with Crippen LogP contribution in [0.1, 0.15) is 62.5 Å². The number of carbonyl (C=O) groups is 2. The lowest BCUT2D eigenvalue weighted by Crippen LogP contribution is -2.43. The minimum absolute atomic E-state index is 0.0290. The van der Waals surface area contributed by atoms with Crippen LogP contribution in [0.25, 0.3) is 0 Å². The highest BCUT2D eigenvalue weighted by Crippen LogP contribution is 2.28. The molecule has 1 fully saturated rings. The van der Waals surface area contributed by atoms with Gasteiger partial charge in [0.25, 0.3) is 0 Å². The molecule has 0 N–H and O–H groups in total. The van der Waals surface area contributed by atoms with Crippen LogP contribution in [0.3, 0.4) is 0 Å². The zero-order valence-corrected chi connectivity index (χ0v) is 17.6. The summed E-state index contributed by atoms with van der Waals surface area (Å²) in [5, 5.41) is 0. The Morgan fingerprint density at radius 2 is 1.76 bits per heavy atom. The second kappa shape index (κ2) is 10.3. The maximum Gasteiger partial charge on any atom is 0.242 e. The minimum Gasteiger partial charge on any atom is -0.464 e. The van der Waals surface area contributed by atoms with Gasteiger partial charge < -0.3 is 14.2 Å². The largest absolute Gasteiger partial charge is 0.464 e. The molecule has 156 valence electrons. The van der Waals surface area contributed by atoms with Gasteiger partial charge in [0.15, 0.2) is 0 Å². The Morgan fingerprint density at radius 1 is 1.00 bits per heavy atom. The lowest BCUT2D eigenvalue weighted by Gasteiger charge is -2.27. The van der Waals surface area contributed by atoms with Gasteiger partial charge in [0, 0.05) is 19.0 Å². The van der Waals surface area contributed by atoms with E-state index in [2.05, 4.69) is 6.92 Å². The SMILES string of the molecule is CCCCCC(=O)N(CC(=O)N(Cc1ccccc1)Cc1ccc(C)o1)C1CC1. The molecule has 1 aromatic carbocycles. The summed E-state index contributed by atoms with van der Waals surface area (Å²) in [6, 6.07) is 14.0. The van der Waals surface area contributed by atoms with Gasteiger partial charge in [-0.05, 0) is 43.9 Å². The second-order valence-electron chi connectivity index (χ2n) is 7.96. The second-order valence-corrected chi connectivity index (χ2v) is 7.96. The van der Waals surface area contributed by atoms with Crippen molar-refractivity contribution < 1.29 is 14.0 Å². The molecular formula is C24H32N2O3.